The van der Waals surface area contributed by atoms with E-state index in [4.69, 9.17) is 21.7 Å². The van der Waals surface area contributed by atoms with Crippen molar-refractivity contribution in [2.75, 3.05) is 14.2 Å². The highest BCUT2D eigenvalue weighted by molar-refractivity contribution is 7.71. The summed E-state index contributed by atoms with van der Waals surface area (Å²) in [5.74, 6) is 2.41. The van der Waals surface area contributed by atoms with Crippen molar-refractivity contribution in [1.29, 1.82) is 0 Å². The molecule has 1 aromatic carbocycles. The van der Waals surface area contributed by atoms with Crippen LogP contribution < -0.4 is 9.47 Å². The lowest BCUT2D eigenvalue weighted by atomic mass is 10.2. The first-order valence-electron chi connectivity index (χ1n) is 6.50. The van der Waals surface area contributed by atoms with Gasteiger partial charge in [-0.25, -0.2) is 0 Å². The number of hydrogen-bond acceptors (Lipinski definition) is 5. The molecule has 1 aromatic heterocycles. The second-order valence-electron chi connectivity index (χ2n) is 4.71. The van der Waals surface area contributed by atoms with E-state index < -0.39 is 0 Å². The molecule has 7 heteroatoms. The molecule has 0 atom stereocenters. The molecule has 2 rings (SSSR count). The van der Waals surface area contributed by atoms with Gasteiger partial charge in [-0.05, 0) is 24.4 Å². The Bertz CT molecular complexity index is 703. The summed E-state index contributed by atoms with van der Waals surface area (Å²) in [5.41, 5.74) is 0.830. The number of ether oxygens (including phenoxy) is 2. The summed E-state index contributed by atoms with van der Waals surface area (Å²) in [6, 6.07) is 5.53. The van der Waals surface area contributed by atoms with Crippen LogP contribution in [0.3, 0.4) is 0 Å². The van der Waals surface area contributed by atoms with E-state index >= 15 is 0 Å². The van der Waals surface area contributed by atoms with Gasteiger partial charge in [0.25, 0.3) is 0 Å². The summed E-state index contributed by atoms with van der Waals surface area (Å²) < 4.78 is 12.6. The third-order valence-corrected chi connectivity index (χ3v) is 3.21. The molecule has 0 aliphatic rings. The molecule has 0 saturated heterocycles. The molecule has 112 valence electrons. The maximum Gasteiger partial charge on any atom is 0.216 e. The molecule has 0 bridgehead atoms. The third-order valence-electron chi connectivity index (χ3n) is 2.94. The Labute approximate surface area is 128 Å². The molecule has 1 heterocycles. The minimum atomic E-state index is 0.216. The molecule has 0 unspecified atom stereocenters. The standard InChI is InChI=1S/C14H18N4O2S/c1-9(2)13-16-17-14(21)18(13)15-8-10-5-6-11(19-3)7-12(10)20-4/h5-9H,1-4H3,(H,17,21)/b15-8+. The zero-order chi connectivity index (χ0) is 15.4. The van der Waals surface area contributed by atoms with Gasteiger partial charge in [0.15, 0.2) is 5.82 Å². The van der Waals surface area contributed by atoms with Gasteiger partial charge in [0, 0.05) is 17.5 Å². The van der Waals surface area contributed by atoms with E-state index in [-0.39, 0.29) is 5.92 Å². The average molecular weight is 306 g/mol. The summed E-state index contributed by atoms with van der Waals surface area (Å²) in [6.45, 7) is 4.07. The molecule has 6 nitrogen and oxygen atoms in total. The van der Waals surface area contributed by atoms with Crippen LogP contribution in [0, 0.1) is 4.77 Å². The van der Waals surface area contributed by atoms with E-state index in [1.807, 2.05) is 26.0 Å². The molecule has 0 radical (unpaired) electrons. The largest absolute Gasteiger partial charge is 0.497 e. The Balaban J connectivity index is 2.38. The van der Waals surface area contributed by atoms with Crippen molar-refractivity contribution >= 4 is 18.4 Å². The lowest BCUT2D eigenvalue weighted by Gasteiger charge is -2.07. The minimum Gasteiger partial charge on any atom is -0.497 e. The molecule has 1 N–H and O–H groups in total. The van der Waals surface area contributed by atoms with Crippen molar-refractivity contribution in [3.05, 3.63) is 34.4 Å². The number of nitrogens with one attached hydrogen (secondary N) is 1. The Morgan fingerprint density at radius 3 is 2.71 bits per heavy atom. The van der Waals surface area contributed by atoms with E-state index in [1.54, 1.807) is 31.2 Å². The number of methoxy groups -OCH3 is 2. The van der Waals surface area contributed by atoms with Gasteiger partial charge in [-0.15, -0.1) is 0 Å². The highest BCUT2D eigenvalue weighted by Gasteiger charge is 2.09. The molecular formula is C14H18N4O2S. The SMILES string of the molecule is COc1ccc(/C=N/n2c(C(C)C)n[nH]c2=S)c(OC)c1. The van der Waals surface area contributed by atoms with E-state index in [0.717, 1.165) is 17.1 Å². The van der Waals surface area contributed by atoms with Gasteiger partial charge >= 0.3 is 0 Å². The van der Waals surface area contributed by atoms with Gasteiger partial charge < -0.3 is 9.47 Å². The average Bonchev–Trinajstić information content (AvgIpc) is 2.86. The van der Waals surface area contributed by atoms with Gasteiger partial charge in [-0.3, -0.25) is 5.10 Å². The van der Waals surface area contributed by atoms with Gasteiger partial charge in [-0.2, -0.15) is 14.9 Å². The van der Waals surface area contributed by atoms with E-state index in [9.17, 15) is 0 Å². The second kappa shape index (κ2) is 6.53. The first-order valence-corrected chi connectivity index (χ1v) is 6.91. The molecule has 0 saturated carbocycles. The number of aromatic amines is 1. The van der Waals surface area contributed by atoms with Crippen molar-refractivity contribution in [1.82, 2.24) is 14.9 Å². The van der Waals surface area contributed by atoms with Crippen molar-refractivity contribution in [2.24, 2.45) is 5.10 Å². The van der Waals surface area contributed by atoms with Crippen LogP contribution >= 0.6 is 12.2 Å². The van der Waals surface area contributed by atoms with Crippen molar-refractivity contribution < 1.29 is 9.47 Å². The van der Waals surface area contributed by atoms with E-state index in [1.165, 1.54) is 0 Å². The zero-order valence-corrected chi connectivity index (χ0v) is 13.3. The van der Waals surface area contributed by atoms with Crippen LogP contribution in [0.5, 0.6) is 11.5 Å². The molecule has 2 aromatic rings. The van der Waals surface area contributed by atoms with Gasteiger partial charge in [0.1, 0.15) is 11.5 Å². The number of nitrogens with zero attached hydrogens (tertiary/aromatic N) is 3. The van der Waals surface area contributed by atoms with Crippen molar-refractivity contribution in [3.8, 4) is 11.5 Å². The Morgan fingerprint density at radius 2 is 2.10 bits per heavy atom. The smallest absolute Gasteiger partial charge is 0.216 e. The maximum absolute atomic E-state index is 5.34. The van der Waals surface area contributed by atoms with Crippen LogP contribution in [0.1, 0.15) is 31.2 Å². The van der Waals surface area contributed by atoms with Crippen LogP contribution in [-0.4, -0.2) is 35.3 Å². The summed E-state index contributed by atoms with van der Waals surface area (Å²) in [5, 5.41) is 11.3. The third kappa shape index (κ3) is 3.30. The predicted molar refractivity (Wildman–Crippen MR) is 84.0 cm³/mol. The zero-order valence-electron chi connectivity index (χ0n) is 12.5. The van der Waals surface area contributed by atoms with Gasteiger partial charge in [0.2, 0.25) is 4.77 Å². The highest BCUT2D eigenvalue weighted by Crippen LogP contribution is 2.23. The van der Waals surface area contributed by atoms with Crippen molar-refractivity contribution in [2.45, 2.75) is 19.8 Å². The van der Waals surface area contributed by atoms with E-state index in [0.29, 0.717) is 10.5 Å². The number of benzene rings is 1. The maximum atomic E-state index is 5.34. The first-order chi connectivity index (χ1) is 10.1. The number of H-pyrrole nitrogens is 1. The number of rotatable bonds is 5. The Kier molecular flexibility index (Phi) is 4.74. The van der Waals surface area contributed by atoms with E-state index in [2.05, 4.69) is 15.3 Å². The van der Waals surface area contributed by atoms with Gasteiger partial charge in [-0.1, -0.05) is 13.8 Å². The summed E-state index contributed by atoms with van der Waals surface area (Å²) in [7, 11) is 3.22. The minimum absolute atomic E-state index is 0.216. The molecule has 0 fully saturated rings. The topological polar surface area (TPSA) is 64.4 Å². The van der Waals surface area contributed by atoms with Crippen molar-refractivity contribution in [3.63, 3.8) is 0 Å². The fourth-order valence-electron chi connectivity index (χ4n) is 1.83. The Hall–Kier alpha value is -2.15. The molecule has 0 aliphatic heterocycles. The predicted octanol–water partition coefficient (Wildman–Crippen LogP) is 2.96. The van der Waals surface area contributed by atoms with Crippen LogP contribution in [-0.2, 0) is 0 Å². The second-order valence-corrected chi connectivity index (χ2v) is 5.09. The molecular weight excluding hydrogens is 288 g/mol. The van der Waals surface area contributed by atoms with Crippen LogP contribution in [0.25, 0.3) is 0 Å². The fourth-order valence-corrected chi connectivity index (χ4v) is 2.02. The normalized spacial score (nSPS) is 11.3. The van der Waals surface area contributed by atoms with Gasteiger partial charge in [0.05, 0.1) is 20.4 Å². The monoisotopic (exact) mass is 306 g/mol. The highest BCUT2D eigenvalue weighted by atomic mass is 32.1. The molecule has 0 aliphatic carbocycles. The summed E-state index contributed by atoms with van der Waals surface area (Å²) >= 11 is 5.19. The van der Waals surface area contributed by atoms with Crippen LogP contribution in [0.2, 0.25) is 0 Å². The lowest BCUT2D eigenvalue weighted by Crippen LogP contribution is -2.01. The summed E-state index contributed by atoms with van der Waals surface area (Å²) in [6.07, 6.45) is 1.69. The molecule has 0 amide bonds. The first kappa shape index (κ1) is 15.2. The Morgan fingerprint density at radius 1 is 1.33 bits per heavy atom. The quantitative estimate of drug-likeness (QED) is 0.681. The molecule has 21 heavy (non-hydrogen) atoms. The van der Waals surface area contributed by atoms with Crippen LogP contribution in [0.15, 0.2) is 23.3 Å². The number of hydrogen-bond donors (Lipinski definition) is 1. The summed E-state index contributed by atoms with van der Waals surface area (Å²) in [4.78, 5) is 0. The fraction of sp³-hybridized carbons (Fsp3) is 0.357. The van der Waals surface area contributed by atoms with Crippen LogP contribution in [0.4, 0.5) is 0 Å². The molecule has 0 spiro atoms. The number of aromatic nitrogens is 3. The lowest BCUT2D eigenvalue weighted by molar-refractivity contribution is 0.394.